The van der Waals surface area contributed by atoms with Gasteiger partial charge in [-0.1, -0.05) is 0 Å². The third kappa shape index (κ3) is 3.71. The summed E-state index contributed by atoms with van der Waals surface area (Å²) >= 11 is 0. The Balaban J connectivity index is 2.06. The molecule has 116 valence electrons. The number of H-pyrrole nitrogens is 1. The summed E-state index contributed by atoms with van der Waals surface area (Å²) in [5.74, 6) is -0.0416. The number of ketones is 1. The van der Waals surface area contributed by atoms with E-state index in [-0.39, 0.29) is 24.3 Å². The van der Waals surface area contributed by atoms with Crippen molar-refractivity contribution >= 4 is 11.7 Å². The van der Waals surface area contributed by atoms with Crippen molar-refractivity contribution in [1.82, 2.24) is 15.2 Å². The second-order valence-corrected chi connectivity index (χ2v) is 5.37. The first-order chi connectivity index (χ1) is 10.0. The van der Waals surface area contributed by atoms with Crippen LogP contribution < -0.4 is 5.32 Å². The standard InChI is InChI=1S/C15H23N3O3/c1-4-16-15(20)13-9-21-6-5-18(13)8-14(19)12-7-10(2)17-11(12)3/h7,13,17H,4-6,8-9H2,1-3H3,(H,16,20). The van der Waals surface area contributed by atoms with Crippen LogP contribution >= 0.6 is 0 Å². The SMILES string of the molecule is CCNC(=O)C1COCCN1CC(=O)c1cc(C)[nH]c1C. The number of amides is 1. The second-order valence-electron chi connectivity index (χ2n) is 5.37. The van der Waals surface area contributed by atoms with Gasteiger partial charge in [0.15, 0.2) is 5.78 Å². The number of Topliss-reactive ketones (excluding diaryl/α,β-unsaturated/α-hetero) is 1. The van der Waals surface area contributed by atoms with E-state index in [4.69, 9.17) is 4.74 Å². The van der Waals surface area contributed by atoms with Crippen molar-refractivity contribution in [1.29, 1.82) is 0 Å². The van der Waals surface area contributed by atoms with Crippen LogP contribution in [0.1, 0.15) is 28.7 Å². The number of ether oxygens (including phenoxy) is 1. The molecule has 1 unspecified atom stereocenters. The number of hydrogen-bond acceptors (Lipinski definition) is 4. The maximum absolute atomic E-state index is 12.4. The number of nitrogens with one attached hydrogen (secondary N) is 2. The molecule has 0 aliphatic carbocycles. The molecule has 0 aromatic carbocycles. The van der Waals surface area contributed by atoms with Gasteiger partial charge in [0.05, 0.1) is 19.8 Å². The predicted molar refractivity (Wildman–Crippen MR) is 79.5 cm³/mol. The van der Waals surface area contributed by atoms with Crippen LogP contribution in [0, 0.1) is 13.8 Å². The van der Waals surface area contributed by atoms with E-state index in [2.05, 4.69) is 10.3 Å². The van der Waals surface area contributed by atoms with Gasteiger partial charge in [0.25, 0.3) is 0 Å². The molecule has 0 radical (unpaired) electrons. The number of aryl methyl sites for hydroxylation is 2. The summed E-state index contributed by atoms with van der Waals surface area (Å²) in [7, 11) is 0. The lowest BCUT2D eigenvalue weighted by molar-refractivity contribution is -0.131. The fraction of sp³-hybridized carbons (Fsp3) is 0.600. The summed E-state index contributed by atoms with van der Waals surface area (Å²) in [4.78, 5) is 29.5. The summed E-state index contributed by atoms with van der Waals surface area (Å²) in [6, 6.07) is 1.47. The number of rotatable bonds is 5. The highest BCUT2D eigenvalue weighted by molar-refractivity contribution is 5.99. The van der Waals surface area contributed by atoms with Crippen molar-refractivity contribution in [3.8, 4) is 0 Å². The summed E-state index contributed by atoms with van der Waals surface area (Å²) < 4.78 is 5.37. The molecule has 0 bridgehead atoms. The van der Waals surface area contributed by atoms with Crippen LogP contribution in [0.2, 0.25) is 0 Å². The van der Waals surface area contributed by atoms with Gasteiger partial charge < -0.3 is 15.0 Å². The summed E-state index contributed by atoms with van der Waals surface area (Å²) in [5, 5.41) is 2.80. The van der Waals surface area contributed by atoms with Gasteiger partial charge in [-0.05, 0) is 26.8 Å². The predicted octanol–water partition coefficient (Wildman–Crippen LogP) is 0.651. The number of carbonyl (C=O) groups is 2. The second kappa shape index (κ2) is 6.87. The van der Waals surface area contributed by atoms with E-state index < -0.39 is 0 Å². The van der Waals surface area contributed by atoms with Crippen molar-refractivity contribution in [3.05, 3.63) is 23.0 Å². The zero-order valence-corrected chi connectivity index (χ0v) is 12.9. The van der Waals surface area contributed by atoms with Crippen molar-refractivity contribution in [3.63, 3.8) is 0 Å². The smallest absolute Gasteiger partial charge is 0.239 e. The molecule has 6 nitrogen and oxygen atoms in total. The number of nitrogens with zero attached hydrogens (tertiary/aromatic N) is 1. The third-order valence-corrected chi connectivity index (χ3v) is 3.69. The van der Waals surface area contributed by atoms with Gasteiger partial charge in [-0.15, -0.1) is 0 Å². The molecule has 1 saturated heterocycles. The van der Waals surface area contributed by atoms with Gasteiger partial charge in [0.2, 0.25) is 5.91 Å². The number of aromatic nitrogens is 1. The van der Waals surface area contributed by atoms with Gasteiger partial charge in [-0.2, -0.15) is 0 Å². The van der Waals surface area contributed by atoms with Crippen LogP contribution in [0.3, 0.4) is 0 Å². The molecule has 1 aromatic rings. The molecule has 0 saturated carbocycles. The Morgan fingerprint density at radius 2 is 2.24 bits per heavy atom. The lowest BCUT2D eigenvalue weighted by Crippen LogP contribution is -2.55. The van der Waals surface area contributed by atoms with Gasteiger partial charge in [0.1, 0.15) is 6.04 Å². The van der Waals surface area contributed by atoms with Gasteiger partial charge in [-0.25, -0.2) is 0 Å². The Morgan fingerprint density at radius 3 is 2.86 bits per heavy atom. The zero-order valence-electron chi connectivity index (χ0n) is 12.9. The van der Waals surface area contributed by atoms with Gasteiger partial charge in [-0.3, -0.25) is 14.5 Å². The van der Waals surface area contributed by atoms with E-state index in [0.717, 1.165) is 11.4 Å². The first-order valence-corrected chi connectivity index (χ1v) is 7.31. The Morgan fingerprint density at radius 1 is 1.48 bits per heavy atom. The number of morpholine rings is 1. The van der Waals surface area contributed by atoms with Crippen molar-refractivity contribution in [2.45, 2.75) is 26.8 Å². The summed E-state index contributed by atoms with van der Waals surface area (Å²) in [6.45, 7) is 7.99. The molecule has 6 heteroatoms. The average molecular weight is 293 g/mol. The normalized spacial score (nSPS) is 19.5. The topological polar surface area (TPSA) is 74.4 Å². The molecule has 2 rings (SSSR count). The Hall–Kier alpha value is -1.66. The molecule has 1 atom stereocenters. The van der Waals surface area contributed by atoms with Crippen LogP contribution in [-0.2, 0) is 9.53 Å². The fourth-order valence-corrected chi connectivity index (χ4v) is 2.64. The highest BCUT2D eigenvalue weighted by Crippen LogP contribution is 2.13. The summed E-state index contributed by atoms with van der Waals surface area (Å²) in [5.41, 5.74) is 2.55. The molecule has 1 aliphatic rings. The maximum Gasteiger partial charge on any atom is 0.239 e. The van der Waals surface area contributed by atoms with Crippen LogP contribution in [0.25, 0.3) is 0 Å². The minimum absolute atomic E-state index is 0.0352. The molecule has 21 heavy (non-hydrogen) atoms. The van der Waals surface area contributed by atoms with E-state index in [1.54, 1.807) is 0 Å². The Labute approximate surface area is 124 Å². The molecular weight excluding hydrogens is 270 g/mol. The lowest BCUT2D eigenvalue weighted by Gasteiger charge is -2.33. The van der Waals surface area contributed by atoms with E-state index in [0.29, 0.717) is 31.9 Å². The minimum atomic E-state index is -0.386. The van der Waals surface area contributed by atoms with E-state index >= 15 is 0 Å². The number of hydrogen-bond donors (Lipinski definition) is 2. The fourth-order valence-electron chi connectivity index (χ4n) is 2.64. The molecule has 2 heterocycles. The van der Waals surface area contributed by atoms with Crippen LogP contribution in [0.15, 0.2) is 6.07 Å². The van der Waals surface area contributed by atoms with Crippen molar-refractivity contribution in [2.75, 3.05) is 32.8 Å². The quantitative estimate of drug-likeness (QED) is 0.782. The van der Waals surface area contributed by atoms with E-state index in [1.165, 1.54) is 0 Å². The summed E-state index contributed by atoms with van der Waals surface area (Å²) in [6.07, 6.45) is 0. The molecule has 0 spiro atoms. The van der Waals surface area contributed by atoms with Crippen molar-refractivity contribution in [2.24, 2.45) is 0 Å². The lowest BCUT2D eigenvalue weighted by atomic mass is 10.1. The van der Waals surface area contributed by atoms with E-state index in [9.17, 15) is 9.59 Å². The first kappa shape index (κ1) is 15.7. The van der Waals surface area contributed by atoms with Crippen LogP contribution in [0.5, 0.6) is 0 Å². The number of carbonyl (C=O) groups excluding carboxylic acids is 2. The molecule has 1 aliphatic heterocycles. The first-order valence-electron chi connectivity index (χ1n) is 7.31. The third-order valence-electron chi connectivity index (χ3n) is 3.69. The Kier molecular flexibility index (Phi) is 5.14. The van der Waals surface area contributed by atoms with Crippen LogP contribution in [0.4, 0.5) is 0 Å². The number of likely N-dealkylation sites (N-methyl/N-ethyl adjacent to an activating group) is 1. The molecule has 1 fully saturated rings. The average Bonchev–Trinajstić information content (AvgIpc) is 2.78. The Bertz CT molecular complexity index is 524. The molecule has 2 N–H and O–H groups in total. The zero-order chi connectivity index (χ0) is 15.4. The van der Waals surface area contributed by atoms with Crippen LogP contribution in [-0.4, -0.2) is 60.5 Å². The largest absolute Gasteiger partial charge is 0.378 e. The highest BCUT2D eigenvalue weighted by Gasteiger charge is 2.30. The van der Waals surface area contributed by atoms with E-state index in [1.807, 2.05) is 31.7 Å². The molecule has 1 aromatic heterocycles. The van der Waals surface area contributed by atoms with Gasteiger partial charge >= 0.3 is 0 Å². The van der Waals surface area contributed by atoms with Crippen molar-refractivity contribution < 1.29 is 14.3 Å². The molecular formula is C15H23N3O3. The number of aromatic amines is 1. The molecule has 1 amide bonds. The van der Waals surface area contributed by atoms with Gasteiger partial charge in [0, 0.05) is 30.0 Å². The maximum atomic E-state index is 12.4. The highest BCUT2D eigenvalue weighted by atomic mass is 16.5. The minimum Gasteiger partial charge on any atom is -0.378 e. The monoisotopic (exact) mass is 293 g/mol.